The number of aromatic hydroxyl groups is 1. The van der Waals surface area contributed by atoms with Crippen molar-refractivity contribution >= 4 is 16.8 Å². The summed E-state index contributed by atoms with van der Waals surface area (Å²) in [7, 11) is 5.92. The van der Waals surface area contributed by atoms with Gasteiger partial charge in [-0.3, -0.25) is 4.79 Å². The Hall–Kier alpha value is -3.35. The molecular formula is C19H18O7. The Labute approximate surface area is 149 Å². The molecule has 136 valence electrons. The molecule has 2 aromatic carbocycles. The van der Waals surface area contributed by atoms with Crippen LogP contribution in [-0.4, -0.2) is 39.3 Å². The Morgan fingerprint density at radius 3 is 2.12 bits per heavy atom. The fourth-order valence-corrected chi connectivity index (χ4v) is 2.77. The van der Waals surface area contributed by atoms with Gasteiger partial charge in [0.05, 0.1) is 28.4 Å². The zero-order valence-corrected chi connectivity index (χ0v) is 14.8. The molecular weight excluding hydrogens is 340 g/mol. The van der Waals surface area contributed by atoms with Gasteiger partial charge in [-0.2, -0.15) is 0 Å². The molecule has 0 aliphatic carbocycles. The number of carbonyl (C=O) groups excluding carboxylic acids is 1. The minimum Gasteiger partial charge on any atom is -0.497 e. The van der Waals surface area contributed by atoms with Crippen LogP contribution in [0.15, 0.2) is 34.7 Å². The van der Waals surface area contributed by atoms with Crippen molar-refractivity contribution in [1.29, 1.82) is 0 Å². The molecule has 0 saturated carbocycles. The minimum atomic E-state index is -0.466. The summed E-state index contributed by atoms with van der Waals surface area (Å²) >= 11 is 0. The zero-order chi connectivity index (χ0) is 18.8. The molecule has 1 aromatic heterocycles. The second kappa shape index (κ2) is 6.87. The minimum absolute atomic E-state index is 0.0527. The third kappa shape index (κ3) is 2.77. The van der Waals surface area contributed by atoms with Crippen LogP contribution in [0.2, 0.25) is 0 Å². The van der Waals surface area contributed by atoms with Crippen molar-refractivity contribution in [3.63, 3.8) is 0 Å². The van der Waals surface area contributed by atoms with Crippen LogP contribution in [0.25, 0.3) is 11.0 Å². The van der Waals surface area contributed by atoms with Crippen molar-refractivity contribution in [2.45, 2.75) is 0 Å². The van der Waals surface area contributed by atoms with Crippen molar-refractivity contribution in [2.75, 3.05) is 28.4 Å². The maximum Gasteiger partial charge on any atom is 0.294 e. The van der Waals surface area contributed by atoms with Crippen LogP contribution < -0.4 is 18.9 Å². The highest BCUT2D eigenvalue weighted by molar-refractivity contribution is 6.18. The Morgan fingerprint density at radius 1 is 0.923 bits per heavy atom. The van der Waals surface area contributed by atoms with Crippen LogP contribution in [0.3, 0.4) is 0 Å². The molecule has 3 rings (SSSR count). The van der Waals surface area contributed by atoms with Gasteiger partial charge in [0.1, 0.15) is 16.9 Å². The van der Waals surface area contributed by atoms with Crippen LogP contribution in [0, 0.1) is 0 Å². The first kappa shape index (κ1) is 17.5. The van der Waals surface area contributed by atoms with Crippen LogP contribution >= 0.6 is 0 Å². The normalized spacial score (nSPS) is 10.6. The molecule has 0 unspecified atom stereocenters. The number of benzene rings is 2. The van der Waals surface area contributed by atoms with Gasteiger partial charge in [0.2, 0.25) is 11.5 Å². The maximum absolute atomic E-state index is 13.0. The van der Waals surface area contributed by atoms with E-state index in [9.17, 15) is 9.90 Å². The fraction of sp³-hybridized carbons (Fsp3) is 0.211. The van der Waals surface area contributed by atoms with E-state index < -0.39 is 11.7 Å². The first-order chi connectivity index (χ1) is 12.5. The van der Waals surface area contributed by atoms with E-state index >= 15 is 0 Å². The SMILES string of the molecule is COc1ccc2c(C(=O)c3cc(OC)c(OC)c(OC)c3)c(O)oc2c1. The average Bonchev–Trinajstić information content (AvgIpc) is 3.00. The topological polar surface area (TPSA) is 87.4 Å². The molecule has 0 spiro atoms. The van der Waals surface area contributed by atoms with E-state index in [4.69, 9.17) is 23.4 Å². The van der Waals surface area contributed by atoms with E-state index in [2.05, 4.69) is 0 Å². The number of furan rings is 1. The number of carbonyl (C=O) groups is 1. The summed E-state index contributed by atoms with van der Waals surface area (Å²) in [6.45, 7) is 0. The summed E-state index contributed by atoms with van der Waals surface area (Å²) in [4.78, 5) is 13.0. The fourth-order valence-electron chi connectivity index (χ4n) is 2.77. The van der Waals surface area contributed by atoms with E-state index in [1.54, 1.807) is 18.2 Å². The van der Waals surface area contributed by atoms with Crippen molar-refractivity contribution < 1.29 is 33.3 Å². The first-order valence-corrected chi connectivity index (χ1v) is 7.68. The molecule has 0 aliphatic heterocycles. The molecule has 7 nitrogen and oxygen atoms in total. The molecule has 0 amide bonds. The van der Waals surface area contributed by atoms with Gasteiger partial charge in [-0.05, 0) is 24.3 Å². The van der Waals surface area contributed by atoms with E-state index in [-0.39, 0.29) is 11.1 Å². The standard InChI is InChI=1S/C19H18O7/c1-22-11-5-6-12-13(9-11)26-19(21)16(12)17(20)10-7-14(23-2)18(25-4)15(8-10)24-3/h5-9,21H,1-4H3. The quantitative estimate of drug-likeness (QED) is 0.676. The molecule has 26 heavy (non-hydrogen) atoms. The van der Waals surface area contributed by atoms with E-state index in [1.165, 1.54) is 40.6 Å². The van der Waals surface area contributed by atoms with Gasteiger partial charge in [0, 0.05) is 17.0 Å². The highest BCUT2D eigenvalue weighted by atomic mass is 16.5. The molecule has 1 heterocycles. The Morgan fingerprint density at radius 2 is 1.58 bits per heavy atom. The van der Waals surface area contributed by atoms with Crippen molar-refractivity contribution in [2.24, 2.45) is 0 Å². The van der Waals surface area contributed by atoms with E-state index in [0.29, 0.717) is 34.0 Å². The van der Waals surface area contributed by atoms with Gasteiger partial charge in [0.15, 0.2) is 11.5 Å². The van der Waals surface area contributed by atoms with Crippen molar-refractivity contribution in [1.82, 2.24) is 0 Å². The van der Waals surface area contributed by atoms with Gasteiger partial charge in [-0.15, -0.1) is 0 Å². The summed E-state index contributed by atoms with van der Waals surface area (Å²) in [5.74, 6) is 0.696. The van der Waals surface area contributed by atoms with Crippen molar-refractivity contribution in [3.05, 3.63) is 41.5 Å². The van der Waals surface area contributed by atoms with Crippen LogP contribution in [-0.2, 0) is 0 Å². The summed E-state index contributed by atoms with van der Waals surface area (Å²) in [6, 6.07) is 7.98. The lowest BCUT2D eigenvalue weighted by Gasteiger charge is -2.13. The van der Waals surface area contributed by atoms with E-state index in [0.717, 1.165) is 0 Å². The maximum atomic E-state index is 13.0. The van der Waals surface area contributed by atoms with Gasteiger partial charge in [-0.1, -0.05) is 0 Å². The Bertz CT molecular complexity index is 946. The number of fused-ring (bicyclic) bond motifs is 1. The van der Waals surface area contributed by atoms with Gasteiger partial charge < -0.3 is 28.5 Å². The van der Waals surface area contributed by atoms with Gasteiger partial charge in [-0.25, -0.2) is 0 Å². The average molecular weight is 358 g/mol. The molecule has 3 aromatic rings. The van der Waals surface area contributed by atoms with Gasteiger partial charge >= 0.3 is 0 Å². The predicted octanol–water partition coefficient (Wildman–Crippen LogP) is 3.40. The smallest absolute Gasteiger partial charge is 0.294 e. The number of hydrogen-bond acceptors (Lipinski definition) is 7. The number of methoxy groups -OCH3 is 4. The van der Waals surface area contributed by atoms with Crippen LogP contribution in [0.1, 0.15) is 15.9 Å². The second-order valence-electron chi connectivity index (χ2n) is 5.39. The summed E-state index contributed by atoms with van der Waals surface area (Å²) in [5.41, 5.74) is 0.655. The second-order valence-corrected chi connectivity index (χ2v) is 5.39. The third-order valence-electron chi connectivity index (χ3n) is 4.03. The summed E-state index contributed by atoms with van der Waals surface area (Å²) in [5, 5.41) is 10.6. The largest absolute Gasteiger partial charge is 0.497 e. The molecule has 0 saturated heterocycles. The number of ether oxygens (including phenoxy) is 4. The lowest BCUT2D eigenvalue weighted by atomic mass is 10.0. The monoisotopic (exact) mass is 358 g/mol. The molecule has 1 N–H and O–H groups in total. The molecule has 0 radical (unpaired) electrons. The molecule has 0 atom stereocenters. The highest BCUT2D eigenvalue weighted by Gasteiger charge is 2.25. The highest BCUT2D eigenvalue weighted by Crippen LogP contribution is 2.40. The molecule has 0 aliphatic rings. The first-order valence-electron chi connectivity index (χ1n) is 7.68. The summed E-state index contributed by atoms with van der Waals surface area (Å²) in [6.07, 6.45) is 0. The zero-order valence-electron chi connectivity index (χ0n) is 14.8. The molecule has 0 bridgehead atoms. The van der Waals surface area contributed by atoms with Crippen LogP contribution in [0.4, 0.5) is 0 Å². The number of hydrogen-bond donors (Lipinski definition) is 1. The van der Waals surface area contributed by atoms with E-state index in [1.807, 2.05) is 0 Å². The lowest BCUT2D eigenvalue weighted by Crippen LogP contribution is -2.04. The Balaban J connectivity index is 2.15. The predicted molar refractivity (Wildman–Crippen MR) is 94.0 cm³/mol. The number of rotatable bonds is 6. The van der Waals surface area contributed by atoms with Crippen LogP contribution in [0.5, 0.6) is 28.9 Å². The summed E-state index contributed by atoms with van der Waals surface area (Å²) < 4.78 is 26.2. The molecule has 7 heteroatoms. The van der Waals surface area contributed by atoms with Crippen molar-refractivity contribution in [3.8, 4) is 28.9 Å². The molecule has 0 fully saturated rings. The number of ketones is 1. The van der Waals surface area contributed by atoms with Gasteiger partial charge in [0.25, 0.3) is 5.95 Å². The Kier molecular flexibility index (Phi) is 4.62. The lowest BCUT2D eigenvalue weighted by molar-refractivity contribution is 0.103. The third-order valence-corrected chi connectivity index (χ3v) is 4.03.